The monoisotopic (exact) mass is 353 g/mol. The lowest BCUT2D eigenvalue weighted by Gasteiger charge is -2.24. The van der Waals surface area contributed by atoms with Crippen molar-refractivity contribution >= 4 is 29.3 Å². The Morgan fingerprint density at radius 1 is 1.42 bits per heavy atom. The molecule has 3 rings (SSSR count). The summed E-state index contributed by atoms with van der Waals surface area (Å²) >= 11 is 0. The van der Waals surface area contributed by atoms with Crippen LogP contribution >= 0.6 is 12.4 Å². The molecule has 0 aromatic carbocycles. The van der Waals surface area contributed by atoms with Crippen LogP contribution in [0, 0.1) is 13.8 Å². The van der Waals surface area contributed by atoms with Gasteiger partial charge in [-0.05, 0) is 37.9 Å². The summed E-state index contributed by atoms with van der Waals surface area (Å²) in [6.07, 6.45) is 1.26. The van der Waals surface area contributed by atoms with Crippen molar-refractivity contribution < 1.29 is 4.79 Å². The highest BCUT2D eigenvalue weighted by molar-refractivity contribution is 5.85. The Hall–Kier alpha value is -1.86. The van der Waals surface area contributed by atoms with E-state index in [1.807, 2.05) is 25.8 Å². The summed E-state index contributed by atoms with van der Waals surface area (Å²) in [6.45, 7) is 5.58. The summed E-state index contributed by atoms with van der Waals surface area (Å²) in [7, 11) is 3.62. The molecule has 1 aliphatic heterocycles. The van der Waals surface area contributed by atoms with Crippen LogP contribution in [0.25, 0.3) is 11.0 Å². The van der Waals surface area contributed by atoms with Crippen molar-refractivity contribution in [1.29, 1.82) is 0 Å². The van der Waals surface area contributed by atoms with Gasteiger partial charge in [-0.15, -0.1) is 12.4 Å². The Balaban J connectivity index is 0.00000208. The van der Waals surface area contributed by atoms with Gasteiger partial charge in [-0.3, -0.25) is 19.4 Å². The first kappa shape index (κ1) is 18.5. The van der Waals surface area contributed by atoms with E-state index in [9.17, 15) is 9.59 Å². The number of carbonyl (C=O) groups is 1. The molecule has 0 spiro atoms. The maximum Gasteiger partial charge on any atom is 0.273 e. The van der Waals surface area contributed by atoms with Crippen LogP contribution in [0.1, 0.15) is 23.2 Å². The maximum absolute atomic E-state index is 12.6. The fourth-order valence-corrected chi connectivity index (χ4v) is 3.36. The van der Waals surface area contributed by atoms with Gasteiger partial charge in [-0.2, -0.15) is 0 Å². The molecule has 2 aromatic heterocycles. The van der Waals surface area contributed by atoms with Gasteiger partial charge in [0.1, 0.15) is 0 Å². The number of hydrogen-bond donors (Lipinski definition) is 2. The van der Waals surface area contributed by atoms with Crippen LogP contribution in [-0.4, -0.2) is 51.8 Å². The normalized spacial score (nSPS) is 17.1. The third kappa shape index (κ3) is 3.06. The van der Waals surface area contributed by atoms with Gasteiger partial charge in [0.05, 0.1) is 11.8 Å². The van der Waals surface area contributed by atoms with Crippen molar-refractivity contribution in [1.82, 2.24) is 25.0 Å². The standard InChI is InChI=1S/C16H23N5O2.ClH/c1-9-12(7-13(22)20(3)11-5-6-17-8-11)10(2)18-15-14(9)16(23)19-21(15)4;/h11,17H,5-8H2,1-4H3,(H,19,23);1H. The molecule has 1 amide bonds. The highest BCUT2D eigenvalue weighted by Crippen LogP contribution is 2.21. The lowest BCUT2D eigenvalue weighted by Crippen LogP contribution is -2.39. The summed E-state index contributed by atoms with van der Waals surface area (Å²) < 4.78 is 1.62. The Labute approximate surface area is 146 Å². The minimum Gasteiger partial charge on any atom is -0.341 e. The molecule has 1 aliphatic rings. The first-order valence-corrected chi connectivity index (χ1v) is 7.91. The molecular formula is C16H24ClN5O2. The van der Waals surface area contributed by atoms with E-state index in [2.05, 4.69) is 15.4 Å². The van der Waals surface area contributed by atoms with Crippen LogP contribution < -0.4 is 10.9 Å². The minimum absolute atomic E-state index is 0. The van der Waals surface area contributed by atoms with E-state index in [1.54, 1.807) is 11.7 Å². The van der Waals surface area contributed by atoms with Gasteiger partial charge in [-0.1, -0.05) is 0 Å². The molecule has 0 saturated carbocycles. The van der Waals surface area contributed by atoms with Gasteiger partial charge in [-0.25, -0.2) is 4.98 Å². The molecular weight excluding hydrogens is 330 g/mol. The van der Waals surface area contributed by atoms with E-state index in [1.165, 1.54) is 0 Å². The smallest absolute Gasteiger partial charge is 0.273 e. The van der Waals surface area contributed by atoms with E-state index in [0.717, 1.165) is 36.3 Å². The zero-order chi connectivity index (χ0) is 16.7. The third-order valence-electron chi connectivity index (χ3n) is 4.88. The van der Waals surface area contributed by atoms with Gasteiger partial charge in [0.25, 0.3) is 5.56 Å². The molecule has 0 bridgehead atoms. The predicted molar refractivity (Wildman–Crippen MR) is 95.8 cm³/mol. The molecule has 132 valence electrons. The molecule has 8 heteroatoms. The molecule has 1 fully saturated rings. The number of aromatic nitrogens is 3. The van der Waals surface area contributed by atoms with Crippen LogP contribution in [0.15, 0.2) is 4.79 Å². The maximum atomic E-state index is 12.6. The van der Waals surface area contributed by atoms with Gasteiger partial charge in [0.15, 0.2) is 5.65 Å². The molecule has 2 N–H and O–H groups in total. The SMILES string of the molecule is Cc1nc2c(c(C)c1CC(=O)N(C)C1CCNC1)c(=O)[nH]n2C.Cl. The number of nitrogens with zero attached hydrogens (tertiary/aromatic N) is 3. The lowest BCUT2D eigenvalue weighted by molar-refractivity contribution is -0.130. The first-order chi connectivity index (χ1) is 10.9. The predicted octanol–water partition coefficient (Wildman–Crippen LogP) is 0.663. The summed E-state index contributed by atoms with van der Waals surface area (Å²) in [4.78, 5) is 31.0. The van der Waals surface area contributed by atoms with Gasteiger partial charge < -0.3 is 10.2 Å². The van der Waals surface area contributed by atoms with Crippen LogP contribution in [0.3, 0.4) is 0 Å². The van der Waals surface area contributed by atoms with Gasteiger partial charge >= 0.3 is 0 Å². The summed E-state index contributed by atoms with van der Waals surface area (Å²) in [6, 6.07) is 0.250. The number of likely N-dealkylation sites (N-methyl/N-ethyl adjacent to an activating group) is 1. The minimum atomic E-state index is -0.158. The van der Waals surface area contributed by atoms with Crippen molar-refractivity contribution in [2.75, 3.05) is 20.1 Å². The second kappa shape index (κ2) is 6.94. The van der Waals surface area contributed by atoms with E-state index in [0.29, 0.717) is 11.0 Å². The molecule has 1 saturated heterocycles. The van der Waals surface area contributed by atoms with Crippen molar-refractivity contribution in [2.24, 2.45) is 7.05 Å². The number of hydrogen-bond acceptors (Lipinski definition) is 4. The van der Waals surface area contributed by atoms with Gasteiger partial charge in [0, 0.05) is 32.4 Å². The van der Waals surface area contributed by atoms with Crippen molar-refractivity contribution in [3.63, 3.8) is 0 Å². The Kier molecular flexibility index (Phi) is 5.35. The number of pyridine rings is 1. The number of amides is 1. The number of aryl methyl sites for hydroxylation is 3. The fraction of sp³-hybridized carbons (Fsp3) is 0.562. The molecule has 1 atom stereocenters. The summed E-state index contributed by atoms with van der Waals surface area (Å²) in [5, 5.41) is 6.58. The number of rotatable bonds is 3. The van der Waals surface area contributed by atoms with Crippen LogP contribution in [-0.2, 0) is 18.3 Å². The van der Waals surface area contributed by atoms with Crippen LogP contribution in [0.5, 0.6) is 0 Å². The largest absolute Gasteiger partial charge is 0.341 e. The molecule has 2 aromatic rings. The zero-order valence-electron chi connectivity index (χ0n) is 14.5. The first-order valence-electron chi connectivity index (χ1n) is 7.91. The molecule has 7 nitrogen and oxygen atoms in total. The van der Waals surface area contributed by atoms with E-state index in [4.69, 9.17) is 0 Å². The number of H-pyrrole nitrogens is 1. The van der Waals surface area contributed by atoms with Crippen molar-refractivity contribution in [2.45, 2.75) is 32.7 Å². The average Bonchev–Trinajstić information content (AvgIpc) is 3.11. The lowest BCUT2D eigenvalue weighted by atomic mass is 10.0. The highest BCUT2D eigenvalue weighted by Gasteiger charge is 2.25. The number of carbonyl (C=O) groups excluding carboxylic acids is 1. The van der Waals surface area contributed by atoms with E-state index < -0.39 is 0 Å². The molecule has 3 heterocycles. The highest BCUT2D eigenvalue weighted by atomic mass is 35.5. The van der Waals surface area contributed by atoms with Crippen LogP contribution in [0.4, 0.5) is 0 Å². The fourth-order valence-electron chi connectivity index (χ4n) is 3.36. The number of fused-ring (bicyclic) bond motifs is 1. The third-order valence-corrected chi connectivity index (χ3v) is 4.88. The van der Waals surface area contributed by atoms with Crippen molar-refractivity contribution in [3.05, 3.63) is 27.2 Å². The molecule has 24 heavy (non-hydrogen) atoms. The average molecular weight is 354 g/mol. The summed E-state index contributed by atoms with van der Waals surface area (Å²) in [5.41, 5.74) is 2.98. The second-order valence-corrected chi connectivity index (χ2v) is 6.33. The quantitative estimate of drug-likeness (QED) is 0.849. The topological polar surface area (TPSA) is 83.0 Å². The zero-order valence-corrected chi connectivity index (χ0v) is 15.3. The van der Waals surface area contributed by atoms with E-state index in [-0.39, 0.29) is 36.3 Å². The Morgan fingerprint density at radius 3 is 2.75 bits per heavy atom. The number of aromatic amines is 1. The van der Waals surface area contributed by atoms with Gasteiger partial charge in [0.2, 0.25) is 5.91 Å². The van der Waals surface area contributed by atoms with Crippen molar-refractivity contribution in [3.8, 4) is 0 Å². The second-order valence-electron chi connectivity index (χ2n) is 6.33. The summed E-state index contributed by atoms with van der Waals surface area (Å²) in [5.74, 6) is 0.0680. The molecule has 0 radical (unpaired) electrons. The number of nitrogens with one attached hydrogen (secondary N) is 2. The van der Waals surface area contributed by atoms with E-state index >= 15 is 0 Å². The Bertz CT molecular complexity index is 820. The molecule has 0 aliphatic carbocycles. The number of halogens is 1. The van der Waals surface area contributed by atoms with Crippen LogP contribution in [0.2, 0.25) is 0 Å². The molecule has 1 unspecified atom stereocenters. The Morgan fingerprint density at radius 2 is 2.12 bits per heavy atom.